The molecule has 7 nitrogen and oxygen atoms in total. The van der Waals surface area contributed by atoms with Gasteiger partial charge >= 0.3 is 0 Å². The van der Waals surface area contributed by atoms with Crippen LogP contribution in [0.15, 0.2) is 0 Å². The van der Waals surface area contributed by atoms with Crippen LogP contribution in [0, 0.1) is 10.7 Å². The number of hydrogen-bond acceptors (Lipinski definition) is 8. The van der Waals surface area contributed by atoms with E-state index in [9.17, 15) is 4.79 Å². The minimum absolute atomic E-state index is 0.0258. The molecular weight excluding hydrogens is 226 g/mol. The predicted molar refractivity (Wildman–Crippen MR) is 51.8 cm³/mol. The van der Waals surface area contributed by atoms with Crippen LogP contribution in [-0.4, -0.2) is 62.8 Å². The summed E-state index contributed by atoms with van der Waals surface area (Å²) in [5.74, 6) is 0. The summed E-state index contributed by atoms with van der Waals surface area (Å²) in [5, 5.41) is 52.2. The third-order valence-electron chi connectivity index (χ3n) is 1.42. The van der Waals surface area contributed by atoms with E-state index in [1.54, 1.807) is 0 Å². The molecule has 0 aromatic carbocycles. The van der Waals surface area contributed by atoms with Gasteiger partial charge in [0.25, 0.3) is 0 Å². The van der Waals surface area contributed by atoms with Crippen LogP contribution in [-0.2, 0) is 4.79 Å². The first kappa shape index (κ1) is 16.7. The van der Waals surface area contributed by atoms with Gasteiger partial charge in [-0.3, -0.25) is 0 Å². The fourth-order valence-electron chi connectivity index (χ4n) is 0.618. The van der Waals surface area contributed by atoms with Gasteiger partial charge in [0.15, 0.2) is 6.29 Å². The first-order chi connectivity index (χ1) is 6.95. The summed E-state index contributed by atoms with van der Waals surface area (Å²) in [5.41, 5.74) is 0. The fourth-order valence-corrected chi connectivity index (χ4v) is 0.618. The van der Waals surface area contributed by atoms with E-state index >= 15 is 0 Å². The molecule has 88 valence electrons. The average Bonchev–Trinajstić information content (AvgIpc) is 2.25. The van der Waals surface area contributed by atoms with Gasteiger partial charge in [-0.15, -0.1) is 0 Å². The van der Waals surface area contributed by atoms with Gasteiger partial charge < -0.3 is 30.3 Å². The molecule has 0 unspecified atom stereocenters. The molecular formula is C7H13NO6S. The molecule has 0 rings (SSSR count). The number of thiol groups is 1. The lowest BCUT2D eigenvalue weighted by Crippen LogP contribution is -2.46. The summed E-state index contributed by atoms with van der Waals surface area (Å²) in [6.45, 7) is -0.760. The Hall–Kier alpha value is -0.690. The lowest BCUT2D eigenvalue weighted by molar-refractivity contribution is -0.136. The van der Waals surface area contributed by atoms with Gasteiger partial charge in [0.1, 0.15) is 29.8 Å². The smallest absolute Gasteiger partial charge is 0.151 e. The van der Waals surface area contributed by atoms with Crippen LogP contribution in [0.1, 0.15) is 0 Å². The Morgan fingerprint density at radius 1 is 1.27 bits per heavy atom. The minimum atomic E-state index is -1.79. The summed E-state index contributed by atoms with van der Waals surface area (Å²) in [6, 6.07) is 0. The second-order valence-electron chi connectivity index (χ2n) is 2.46. The van der Waals surface area contributed by atoms with Crippen molar-refractivity contribution in [1.82, 2.24) is 0 Å². The third-order valence-corrected chi connectivity index (χ3v) is 1.42. The van der Waals surface area contributed by atoms with Crippen LogP contribution in [0.2, 0.25) is 0 Å². The Kier molecular flexibility index (Phi) is 11.0. The highest BCUT2D eigenvalue weighted by Crippen LogP contribution is 2.02. The Balaban J connectivity index is 0. The van der Waals surface area contributed by atoms with Crippen LogP contribution in [0.3, 0.4) is 0 Å². The van der Waals surface area contributed by atoms with Crippen LogP contribution >= 0.6 is 12.6 Å². The van der Waals surface area contributed by atoms with E-state index in [2.05, 4.69) is 12.6 Å². The number of rotatable bonds is 5. The number of thiocyanates is 1. The van der Waals surface area contributed by atoms with E-state index in [1.165, 1.54) is 5.40 Å². The molecule has 0 spiro atoms. The Bertz CT molecular complexity index is 208. The molecule has 0 bridgehead atoms. The number of carbonyl (C=O) groups is 1. The number of hydrogen-bond donors (Lipinski definition) is 6. The maximum absolute atomic E-state index is 9.90. The standard InChI is InChI=1S/C6H12O6.CHNS/c7-1-3(9)5(11)6(12)4(10)2-8;2-1-3/h1,3-6,8-12H,2H2;3H/t3-,4+,5+,6+;/m0./s1. The topological polar surface area (TPSA) is 142 Å². The highest BCUT2D eigenvalue weighted by atomic mass is 32.1. The molecule has 0 saturated heterocycles. The van der Waals surface area contributed by atoms with Crippen molar-refractivity contribution in [2.24, 2.45) is 0 Å². The van der Waals surface area contributed by atoms with E-state index in [0.717, 1.165) is 0 Å². The predicted octanol–water partition coefficient (Wildman–Crippen LogP) is -2.98. The zero-order valence-electron chi connectivity index (χ0n) is 7.63. The largest absolute Gasteiger partial charge is 0.394 e. The van der Waals surface area contributed by atoms with Gasteiger partial charge in [0.05, 0.1) is 6.61 Å². The van der Waals surface area contributed by atoms with Crippen molar-refractivity contribution in [1.29, 1.82) is 5.26 Å². The normalized spacial score (nSPS) is 17.4. The zero-order valence-corrected chi connectivity index (χ0v) is 8.53. The maximum atomic E-state index is 9.90. The molecule has 0 aromatic heterocycles. The Labute approximate surface area is 91.6 Å². The maximum Gasteiger partial charge on any atom is 0.151 e. The van der Waals surface area contributed by atoms with Gasteiger partial charge in [0, 0.05) is 0 Å². The van der Waals surface area contributed by atoms with E-state index in [1.807, 2.05) is 0 Å². The van der Waals surface area contributed by atoms with E-state index in [0.29, 0.717) is 0 Å². The molecule has 0 aliphatic carbocycles. The average molecular weight is 239 g/mol. The van der Waals surface area contributed by atoms with Crippen molar-refractivity contribution in [3.8, 4) is 5.40 Å². The highest BCUT2D eigenvalue weighted by molar-refractivity contribution is 7.85. The first-order valence-corrected chi connectivity index (χ1v) is 4.22. The molecule has 0 aromatic rings. The van der Waals surface area contributed by atoms with Gasteiger partial charge in [-0.25, -0.2) is 0 Å². The second-order valence-corrected chi connectivity index (χ2v) is 2.66. The number of nitriles is 1. The van der Waals surface area contributed by atoms with Crippen LogP contribution < -0.4 is 0 Å². The van der Waals surface area contributed by atoms with Crippen molar-refractivity contribution in [2.75, 3.05) is 6.61 Å². The molecule has 0 amide bonds. The van der Waals surface area contributed by atoms with Crippen molar-refractivity contribution in [3.05, 3.63) is 0 Å². The van der Waals surface area contributed by atoms with Crippen LogP contribution in [0.25, 0.3) is 0 Å². The number of aldehydes is 1. The first-order valence-electron chi connectivity index (χ1n) is 3.77. The summed E-state index contributed by atoms with van der Waals surface area (Å²) < 4.78 is 0. The van der Waals surface area contributed by atoms with Crippen LogP contribution in [0.4, 0.5) is 0 Å². The highest BCUT2D eigenvalue weighted by Gasteiger charge is 2.29. The van der Waals surface area contributed by atoms with Gasteiger partial charge in [-0.1, -0.05) is 12.6 Å². The van der Waals surface area contributed by atoms with Crippen LogP contribution in [0.5, 0.6) is 0 Å². The quantitative estimate of drug-likeness (QED) is 0.171. The zero-order chi connectivity index (χ0) is 12.4. The fraction of sp³-hybridized carbons (Fsp3) is 0.714. The molecule has 0 fully saturated rings. The van der Waals surface area contributed by atoms with Crippen molar-refractivity contribution >= 4 is 18.9 Å². The lowest BCUT2D eigenvalue weighted by atomic mass is 10.0. The number of aliphatic hydroxyl groups is 5. The second kappa shape index (κ2) is 9.85. The molecule has 0 radical (unpaired) electrons. The van der Waals surface area contributed by atoms with Crippen molar-refractivity contribution < 1.29 is 30.3 Å². The molecule has 0 aliphatic heterocycles. The lowest BCUT2D eigenvalue weighted by Gasteiger charge is -2.22. The Morgan fingerprint density at radius 2 is 1.67 bits per heavy atom. The molecule has 15 heavy (non-hydrogen) atoms. The summed E-state index contributed by atoms with van der Waals surface area (Å²) >= 11 is 3.09. The molecule has 0 heterocycles. The number of carbonyl (C=O) groups excluding carboxylic acids is 1. The number of nitrogens with zero attached hydrogens (tertiary/aromatic N) is 1. The SMILES string of the molecule is N#CS.O=C[C@H](O)[C@@H](O)[C@H](O)[C@H](O)CO. The third kappa shape index (κ3) is 7.26. The van der Waals surface area contributed by atoms with Gasteiger partial charge in [-0.05, 0) is 0 Å². The monoisotopic (exact) mass is 239 g/mol. The molecule has 0 aliphatic rings. The minimum Gasteiger partial charge on any atom is -0.394 e. The summed E-state index contributed by atoms with van der Waals surface area (Å²) in [4.78, 5) is 9.90. The van der Waals surface area contributed by atoms with Crippen molar-refractivity contribution in [2.45, 2.75) is 24.4 Å². The van der Waals surface area contributed by atoms with Gasteiger partial charge in [-0.2, -0.15) is 5.26 Å². The molecule has 8 heteroatoms. The Morgan fingerprint density at radius 3 is 1.93 bits per heavy atom. The van der Waals surface area contributed by atoms with E-state index in [4.69, 9.17) is 30.8 Å². The molecule has 0 saturated carbocycles. The van der Waals surface area contributed by atoms with Crippen molar-refractivity contribution in [3.63, 3.8) is 0 Å². The molecule has 5 N–H and O–H groups in total. The summed E-state index contributed by atoms with van der Waals surface area (Å²) in [7, 11) is 0. The van der Waals surface area contributed by atoms with E-state index in [-0.39, 0.29) is 6.29 Å². The number of aliphatic hydroxyl groups excluding tert-OH is 5. The van der Waals surface area contributed by atoms with Gasteiger partial charge in [0.2, 0.25) is 0 Å². The molecule has 4 atom stereocenters. The summed E-state index contributed by atoms with van der Waals surface area (Å²) in [6.07, 6.45) is -6.84. The van der Waals surface area contributed by atoms with E-state index < -0.39 is 31.0 Å².